The van der Waals surface area contributed by atoms with Gasteiger partial charge in [0.05, 0.1) is 23.3 Å². The van der Waals surface area contributed by atoms with E-state index < -0.39 is 5.97 Å². The SMILES string of the molecule is CCOc1ccccc1-c1noc(COC(=O)c2ccc3c(c2)nnn3CC)n1. The fourth-order valence-corrected chi connectivity index (χ4v) is 2.90. The summed E-state index contributed by atoms with van der Waals surface area (Å²) in [6.45, 7) is 4.96. The second kappa shape index (κ2) is 8.09. The van der Waals surface area contributed by atoms with E-state index >= 15 is 0 Å². The highest BCUT2D eigenvalue weighted by Gasteiger charge is 2.16. The lowest BCUT2D eigenvalue weighted by Gasteiger charge is -2.06. The molecule has 0 saturated carbocycles. The molecule has 0 aliphatic carbocycles. The molecule has 148 valence electrons. The Morgan fingerprint density at radius 3 is 2.86 bits per heavy atom. The van der Waals surface area contributed by atoms with Gasteiger partial charge in [-0.3, -0.25) is 0 Å². The van der Waals surface area contributed by atoms with E-state index in [-0.39, 0.29) is 12.5 Å². The Kier molecular flexibility index (Phi) is 5.19. The normalized spacial score (nSPS) is 11.0. The van der Waals surface area contributed by atoms with Crippen LogP contribution in [0.4, 0.5) is 0 Å². The van der Waals surface area contributed by atoms with Gasteiger partial charge >= 0.3 is 5.97 Å². The maximum atomic E-state index is 12.4. The molecule has 0 spiro atoms. The van der Waals surface area contributed by atoms with Crippen LogP contribution in [0.1, 0.15) is 30.1 Å². The second-order valence-corrected chi connectivity index (χ2v) is 6.13. The molecule has 4 rings (SSSR count). The van der Waals surface area contributed by atoms with E-state index in [1.165, 1.54) is 0 Å². The third-order valence-corrected chi connectivity index (χ3v) is 4.27. The minimum absolute atomic E-state index is 0.137. The molecule has 0 amide bonds. The van der Waals surface area contributed by atoms with Crippen molar-refractivity contribution in [3.8, 4) is 17.1 Å². The second-order valence-electron chi connectivity index (χ2n) is 6.13. The molecular weight excluding hydrogens is 374 g/mol. The Morgan fingerprint density at radius 1 is 1.17 bits per heavy atom. The quantitative estimate of drug-likeness (QED) is 0.441. The van der Waals surface area contributed by atoms with Crippen molar-refractivity contribution in [1.29, 1.82) is 0 Å². The predicted molar refractivity (Wildman–Crippen MR) is 103 cm³/mol. The van der Waals surface area contributed by atoms with Crippen molar-refractivity contribution in [1.82, 2.24) is 25.1 Å². The van der Waals surface area contributed by atoms with Crippen LogP contribution in [0.5, 0.6) is 5.75 Å². The van der Waals surface area contributed by atoms with E-state index in [9.17, 15) is 4.79 Å². The third kappa shape index (κ3) is 3.79. The van der Waals surface area contributed by atoms with Gasteiger partial charge in [0.15, 0.2) is 6.61 Å². The van der Waals surface area contributed by atoms with E-state index in [1.54, 1.807) is 22.9 Å². The highest BCUT2D eigenvalue weighted by molar-refractivity contribution is 5.93. The van der Waals surface area contributed by atoms with Crippen LogP contribution in [0.15, 0.2) is 47.0 Å². The van der Waals surface area contributed by atoms with Crippen molar-refractivity contribution in [3.63, 3.8) is 0 Å². The van der Waals surface area contributed by atoms with E-state index in [1.807, 2.05) is 38.1 Å². The Labute approximate surface area is 166 Å². The maximum absolute atomic E-state index is 12.4. The van der Waals surface area contributed by atoms with Crippen molar-refractivity contribution >= 4 is 17.0 Å². The number of esters is 1. The van der Waals surface area contributed by atoms with Gasteiger partial charge in [0.25, 0.3) is 5.89 Å². The number of para-hydroxylation sites is 1. The van der Waals surface area contributed by atoms with Crippen LogP contribution < -0.4 is 4.74 Å². The van der Waals surface area contributed by atoms with Crippen molar-refractivity contribution in [2.75, 3.05) is 6.61 Å². The number of nitrogens with zero attached hydrogens (tertiary/aromatic N) is 5. The molecule has 2 aromatic carbocycles. The molecule has 0 unspecified atom stereocenters. The number of fused-ring (bicyclic) bond motifs is 1. The lowest BCUT2D eigenvalue weighted by molar-refractivity contribution is 0.0430. The van der Waals surface area contributed by atoms with Crippen LogP contribution >= 0.6 is 0 Å². The molecule has 0 N–H and O–H groups in total. The smallest absolute Gasteiger partial charge is 0.338 e. The van der Waals surface area contributed by atoms with Crippen LogP contribution in [-0.2, 0) is 17.9 Å². The minimum Gasteiger partial charge on any atom is -0.493 e. The molecule has 9 heteroatoms. The molecule has 9 nitrogen and oxygen atoms in total. The first kappa shape index (κ1) is 18.6. The first-order valence-electron chi connectivity index (χ1n) is 9.24. The number of carbonyl (C=O) groups is 1. The highest BCUT2D eigenvalue weighted by atomic mass is 16.6. The molecule has 0 bridgehead atoms. The van der Waals surface area contributed by atoms with Crippen LogP contribution in [-0.4, -0.2) is 37.7 Å². The zero-order chi connectivity index (χ0) is 20.2. The van der Waals surface area contributed by atoms with E-state index in [0.717, 1.165) is 5.52 Å². The first-order valence-corrected chi connectivity index (χ1v) is 9.24. The number of carbonyl (C=O) groups excluding carboxylic acids is 1. The van der Waals surface area contributed by atoms with Crippen LogP contribution in [0.25, 0.3) is 22.4 Å². The molecule has 0 radical (unpaired) electrons. The van der Waals surface area contributed by atoms with Gasteiger partial charge in [-0.15, -0.1) is 5.10 Å². The number of aromatic nitrogens is 5. The fraction of sp³-hybridized carbons (Fsp3) is 0.250. The average Bonchev–Trinajstić information content (AvgIpc) is 3.39. The lowest BCUT2D eigenvalue weighted by atomic mass is 10.2. The van der Waals surface area contributed by atoms with Gasteiger partial charge in [-0.25, -0.2) is 9.48 Å². The molecule has 2 aromatic heterocycles. The molecule has 0 saturated heterocycles. The monoisotopic (exact) mass is 393 g/mol. The van der Waals surface area contributed by atoms with Crippen molar-refractivity contribution < 1.29 is 18.8 Å². The van der Waals surface area contributed by atoms with Crippen molar-refractivity contribution in [3.05, 3.63) is 53.9 Å². The predicted octanol–water partition coefficient (Wildman–Crippen LogP) is 3.26. The zero-order valence-electron chi connectivity index (χ0n) is 16.0. The van der Waals surface area contributed by atoms with Gasteiger partial charge in [0.2, 0.25) is 5.82 Å². The van der Waals surface area contributed by atoms with E-state index in [0.29, 0.717) is 41.4 Å². The number of hydrogen-bond donors (Lipinski definition) is 0. The summed E-state index contributed by atoms with van der Waals surface area (Å²) in [6.07, 6.45) is 0. The van der Waals surface area contributed by atoms with Gasteiger partial charge in [-0.1, -0.05) is 22.5 Å². The van der Waals surface area contributed by atoms with Crippen molar-refractivity contribution in [2.45, 2.75) is 27.0 Å². The Hall–Kier alpha value is -3.75. The van der Waals surface area contributed by atoms with Crippen LogP contribution in [0.2, 0.25) is 0 Å². The summed E-state index contributed by atoms with van der Waals surface area (Å²) in [4.78, 5) is 16.7. The number of benzene rings is 2. The highest BCUT2D eigenvalue weighted by Crippen LogP contribution is 2.27. The Bertz CT molecular complexity index is 1150. The Balaban J connectivity index is 1.45. The summed E-state index contributed by atoms with van der Waals surface area (Å²) in [7, 11) is 0. The van der Waals surface area contributed by atoms with Gasteiger partial charge in [0, 0.05) is 6.54 Å². The summed E-state index contributed by atoms with van der Waals surface area (Å²) in [6, 6.07) is 12.5. The third-order valence-electron chi connectivity index (χ3n) is 4.27. The molecule has 0 aliphatic rings. The van der Waals surface area contributed by atoms with Gasteiger partial charge in [0.1, 0.15) is 11.3 Å². The summed E-state index contributed by atoms with van der Waals surface area (Å²) < 4.78 is 17.8. The standard InChI is InChI=1S/C20H19N5O4/c1-3-25-16-10-9-13(11-15(16)22-24-25)20(26)28-12-18-21-19(23-29-18)14-7-5-6-8-17(14)27-4-2/h5-11H,3-4,12H2,1-2H3. The summed E-state index contributed by atoms with van der Waals surface area (Å²) >= 11 is 0. The van der Waals surface area contributed by atoms with Gasteiger partial charge in [-0.2, -0.15) is 4.98 Å². The molecule has 0 atom stereocenters. The first-order chi connectivity index (χ1) is 14.2. The molecule has 0 fully saturated rings. The molecular formula is C20H19N5O4. The van der Waals surface area contributed by atoms with Gasteiger partial charge in [-0.05, 0) is 44.2 Å². The maximum Gasteiger partial charge on any atom is 0.338 e. The van der Waals surface area contributed by atoms with Crippen molar-refractivity contribution in [2.24, 2.45) is 0 Å². The van der Waals surface area contributed by atoms with E-state index in [4.69, 9.17) is 14.0 Å². The van der Waals surface area contributed by atoms with E-state index in [2.05, 4.69) is 20.5 Å². The number of ether oxygens (including phenoxy) is 2. The minimum atomic E-state index is -0.507. The van der Waals surface area contributed by atoms with Crippen LogP contribution in [0.3, 0.4) is 0 Å². The Morgan fingerprint density at radius 2 is 2.03 bits per heavy atom. The van der Waals surface area contributed by atoms with Crippen LogP contribution in [0, 0.1) is 0 Å². The summed E-state index contributed by atoms with van der Waals surface area (Å²) in [5.41, 5.74) is 2.58. The number of hydrogen-bond acceptors (Lipinski definition) is 8. The molecule has 2 heterocycles. The topological polar surface area (TPSA) is 105 Å². The van der Waals surface area contributed by atoms with Gasteiger partial charge < -0.3 is 14.0 Å². The summed E-state index contributed by atoms with van der Waals surface area (Å²) in [5, 5.41) is 12.0. The zero-order valence-corrected chi connectivity index (χ0v) is 16.0. The number of aryl methyl sites for hydroxylation is 1. The summed E-state index contributed by atoms with van der Waals surface area (Å²) in [5.74, 6) is 0.718. The largest absolute Gasteiger partial charge is 0.493 e. The molecule has 29 heavy (non-hydrogen) atoms. The average molecular weight is 393 g/mol. The lowest BCUT2D eigenvalue weighted by Crippen LogP contribution is -2.05. The molecule has 4 aromatic rings. The fourth-order valence-electron chi connectivity index (χ4n) is 2.90. The molecule has 0 aliphatic heterocycles. The number of rotatable bonds is 7.